The maximum absolute atomic E-state index is 9.74. The summed E-state index contributed by atoms with van der Waals surface area (Å²) in [6.07, 6.45) is 3.02. The zero-order chi connectivity index (χ0) is 10.2. The lowest BCUT2D eigenvalue weighted by Gasteiger charge is -2.32. The Morgan fingerprint density at radius 2 is 2.07 bits per heavy atom. The molecular formula is C11H16N2O. The Kier molecular flexibility index (Phi) is 2.19. The van der Waals surface area contributed by atoms with Gasteiger partial charge in [0, 0.05) is 24.8 Å². The van der Waals surface area contributed by atoms with Crippen LogP contribution in [0.1, 0.15) is 25.8 Å². The molecule has 0 aromatic carbocycles. The van der Waals surface area contributed by atoms with Gasteiger partial charge in [0.15, 0.2) is 0 Å². The van der Waals surface area contributed by atoms with Crippen LogP contribution < -0.4 is 4.90 Å². The molecule has 2 rings (SSSR count). The highest BCUT2D eigenvalue weighted by Crippen LogP contribution is 2.22. The summed E-state index contributed by atoms with van der Waals surface area (Å²) < 4.78 is 0. The summed E-state index contributed by atoms with van der Waals surface area (Å²) in [6.45, 7) is 5.75. The van der Waals surface area contributed by atoms with E-state index in [1.54, 1.807) is 20.0 Å². The van der Waals surface area contributed by atoms with E-state index >= 15 is 0 Å². The first-order valence-electron chi connectivity index (χ1n) is 5.01. The molecule has 0 spiro atoms. The van der Waals surface area contributed by atoms with Crippen LogP contribution in [0.4, 0.5) is 5.82 Å². The standard InChI is InChI=1S/C11H16N2O/c1-11(2,14)9-4-5-10(12-8-9)13-6-3-7-13/h4-5,8,14H,3,6-7H2,1-2H3. The third-order valence-electron chi connectivity index (χ3n) is 2.63. The van der Waals surface area contributed by atoms with E-state index in [9.17, 15) is 5.11 Å². The molecule has 14 heavy (non-hydrogen) atoms. The van der Waals surface area contributed by atoms with Crippen molar-refractivity contribution in [1.82, 2.24) is 4.98 Å². The Morgan fingerprint density at radius 1 is 1.36 bits per heavy atom. The van der Waals surface area contributed by atoms with Crippen LogP contribution in [0, 0.1) is 0 Å². The van der Waals surface area contributed by atoms with Crippen molar-refractivity contribution >= 4 is 5.82 Å². The molecule has 2 heterocycles. The van der Waals surface area contributed by atoms with Crippen molar-refractivity contribution < 1.29 is 5.11 Å². The zero-order valence-corrected chi connectivity index (χ0v) is 8.70. The lowest BCUT2D eigenvalue weighted by molar-refractivity contribution is 0.0782. The molecule has 1 aliphatic heterocycles. The normalized spacial score (nSPS) is 16.6. The number of hydrogen-bond donors (Lipinski definition) is 1. The van der Waals surface area contributed by atoms with Crippen LogP contribution in [0.25, 0.3) is 0 Å². The molecule has 3 nitrogen and oxygen atoms in total. The number of aromatic nitrogens is 1. The van der Waals surface area contributed by atoms with Crippen molar-refractivity contribution in [3.8, 4) is 0 Å². The molecule has 0 saturated carbocycles. The van der Waals surface area contributed by atoms with Gasteiger partial charge in [-0.3, -0.25) is 0 Å². The predicted molar refractivity (Wildman–Crippen MR) is 56.3 cm³/mol. The molecule has 76 valence electrons. The van der Waals surface area contributed by atoms with E-state index in [-0.39, 0.29) is 0 Å². The second-order valence-electron chi connectivity index (χ2n) is 4.30. The van der Waals surface area contributed by atoms with Crippen molar-refractivity contribution in [2.45, 2.75) is 25.9 Å². The van der Waals surface area contributed by atoms with E-state index in [0.717, 1.165) is 24.5 Å². The minimum absolute atomic E-state index is 0.791. The van der Waals surface area contributed by atoms with E-state index in [1.807, 2.05) is 12.1 Å². The highest BCUT2D eigenvalue weighted by molar-refractivity contribution is 5.42. The molecule has 1 aromatic heterocycles. The highest BCUT2D eigenvalue weighted by Gasteiger charge is 2.19. The summed E-state index contributed by atoms with van der Waals surface area (Å²) in [7, 11) is 0. The topological polar surface area (TPSA) is 36.4 Å². The lowest BCUT2D eigenvalue weighted by atomic mass is 10.0. The average molecular weight is 192 g/mol. The Hall–Kier alpha value is -1.09. The van der Waals surface area contributed by atoms with Gasteiger partial charge in [-0.05, 0) is 26.3 Å². The van der Waals surface area contributed by atoms with Gasteiger partial charge in [-0.1, -0.05) is 6.07 Å². The van der Waals surface area contributed by atoms with Crippen molar-refractivity contribution in [1.29, 1.82) is 0 Å². The minimum Gasteiger partial charge on any atom is -0.386 e. The van der Waals surface area contributed by atoms with Crippen LogP contribution in [-0.4, -0.2) is 23.2 Å². The summed E-state index contributed by atoms with van der Waals surface area (Å²) in [6, 6.07) is 3.92. The number of nitrogens with zero attached hydrogens (tertiary/aromatic N) is 2. The summed E-state index contributed by atoms with van der Waals surface area (Å²) >= 11 is 0. The van der Waals surface area contributed by atoms with Crippen LogP contribution >= 0.6 is 0 Å². The molecule has 1 aliphatic rings. The number of aliphatic hydroxyl groups is 1. The van der Waals surface area contributed by atoms with Crippen LogP contribution in [0.15, 0.2) is 18.3 Å². The fourth-order valence-corrected chi connectivity index (χ4v) is 1.48. The largest absolute Gasteiger partial charge is 0.386 e. The molecule has 0 atom stereocenters. The maximum Gasteiger partial charge on any atom is 0.128 e. The third-order valence-corrected chi connectivity index (χ3v) is 2.63. The first kappa shape index (κ1) is 9.46. The quantitative estimate of drug-likeness (QED) is 0.771. The molecule has 0 amide bonds. The van der Waals surface area contributed by atoms with Crippen LogP contribution in [0.2, 0.25) is 0 Å². The van der Waals surface area contributed by atoms with Gasteiger partial charge < -0.3 is 10.0 Å². The Labute approximate surface area is 84.4 Å². The third kappa shape index (κ3) is 1.73. The Balaban J connectivity index is 2.17. The molecular weight excluding hydrogens is 176 g/mol. The zero-order valence-electron chi connectivity index (χ0n) is 8.70. The van der Waals surface area contributed by atoms with Crippen LogP contribution in [0.5, 0.6) is 0 Å². The highest BCUT2D eigenvalue weighted by atomic mass is 16.3. The maximum atomic E-state index is 9.74. The van der Waals surface area contributed by atoms with Gasteiger partial charge in [0.05, 0.1) is 5.60 Å². The first-order valence-corrected chi connectivity index (χ1v) is 5.01. The van der Waals surface area contributed by atoms with Crippen LogP contribution in [-0.2, 0) is 5.60 Å². The van der Waals surface area contributed by atoms with E-state index in [4.69, 9.17) is 0 Å². The second-order valence-corrected chi connectivity index (χ2v) is 4.30. The monoisotopic (exact) mass is 192 g/mol. The SMILES string of the molecule is CC(C)(O)c1ccc(N2CCC2)nc1. The van der Waals surface area contributed by atoms with E-state index < -0.39 is 5.60 Å². The number of hydrogen-bond acceptors (Lipinski definition) is 3. The molecule has 0 aliphatic carbocycles. The molecule has 3 heteroatoms. The van der Waals surface area contributed by atoms with Gasteiger partial charge in [0.25, 0.3) is 0 Å². The molecule has 0 radical (unpaired) electrons. The minimum atomic E-state index is -0.791. The smallest absolute Gasteiger partial charge is 0.128 e. The molecule has 0 bridgehead atoms. The van der Waals surface area contributed by atoms with Gasteiger partial charge in [0.2, 0.25) is 0 Å². The van der Waals surface area contributed by atoms with Crippen LogP contribution in [0.3, 0.4) is 0 Å². The van der Waals surface area contributed by atoms with Gasteiger partial charge in [-0.25, -0.2) is 4.98 Å². The van der Waals surface area contributed by atoms with E-state index in [2.05, 4.69) is 9.88 Å². The van der Waals surface area contributed by atoms with Gasteiger partial charge >= 0.3 is 0 Å². The lowest BCUT2D eigenvalue weighted by Crippen LogP contribution is -2.37. The second kappa shape index (κ2) is 3.24. The van der Waals surface area contributed by atoms with Gasteiger partial charge in [-0.2, -0.15) is 0 Å². The molecule has 0 unspecified atom stereocenters. The molecule has 1 fully saturated rings. The van der Waals surface area contributed by atoms with Crippen molar-refractivity contribution in [2.24, 2.45) is 0 Å². The summed E-state index contributed by atoms with van der Waals surface area (Å²) in [5.74, 6) is 1.02. The molecule has 1 saturated heterocycles. The van der Waals surface area contributed by atoms with Gasteiger partial charge in [0.1, 0.15) is 5.82 Å². The van der Waals surface area contributed by atoms with Crippen molar-refractivity contribution in [2.75, 3.05) is 18.0 Å². The molecule has 1 aromatic rings. The first-order chi connectivity index (χ1) is 6.57. The summed E-state index contributed by atoms with van der Waals surface area (Å²) in [5, 5.41) is 9.74. The predicted octanol–water partition coefficient (Wildman–Crippen LogP) is 1.52. The fourth-order valence-electron chi connectivity index (χ4n) is 1.48. The number of pyridine rings is 1. The van der Waals surface area contributed by atoms with Crippen molar-refractivity contribution in [3.63, 3.8) is 0 Å². The Morgan fingerprint density at radius 3 is 2.43 bits per heavy atom. The number of rotatable bonds is 2. The summed E-state index contributed by atoms with van der Waals surface area (Å²) in [5.41, 5.74) is 0.0716. The average Bonchev–Trinajstić information content (AvgIpc) is 2.00. The van der Waals surface area contributed by atoms with E-state index in [1.165, 1.54) is 6.42 Å². The Bertz CT molecular complexity index is 309. The fraction of sp³-hybridized carbons (Fsp3) is 0.545. The number of anilines is 1. The summed E-state index contributed by atoms with van der Waals surface area (Å²) in [4.78, 5) is 6.56. The van der Waals surface area contributed by atoms with E-state index in [0.29, 0.717) is 0 Å². The molecule has 1 N–H and O–H groups in total. The van der Waals surface area contributed by atoms with Crippen molar-refractivity contribution in [3.05, 3.63) is 23.9 Å². The van der Waals surface area contributed by atoms with Gasteiger partial charge in [-0.15, -0.1) is 0 Å².